The third kappa shape index (κ3) is 3.09. The number of hydrogen-bond acceptors (Lipinski definition) is 3. The van der Waals surface area contributed by atoms with Crippen molar-refractivity contribution in [1.82, 2.24) is 4.90 Å². The average Bonchev–Trinajstić information content (AvgIpc) is 2.89. The zero-order chi connectivity index (χ0) is 12.4. The van der Waals surface area contributed by atoms with Gasteiger partial charge in [-0.1, -0.05) is 13.8 Å². The van der Waals surface area contributed by atoms with Crippen LogP contribution in [0.1, 0.15) is 48.1 Å². The SMILES string of the molecule is Cc1cc(C(O)C(C)C)sc1CN1CCCC1. The summed E-state index contributed by atoms with van der Waals surface area (Å²) in [5.74, 6) is 0.299. The summed E-state index contributed by atoms with van der Waals surface area (Å²) in [5.41, 5.74) is 1.34. The van der Waals surface area contributed by atoms with Crippen LogP contribution < -0.4 is 0 Å². The minimum absolute atomic E-state index is 0.299. The molecule has 1 aliphatic heterocycles. The van der Waals surface area contributed by atoms with E-state index in [9.17, 15) is 5.11 Å². The van der Waals surface area contributed by atoms with Crippen molar-refractivity contribution in [3.63, 3.8) is 0 Å². The summed E-state index contributed by atoms with van der Waals surface area (Å²) >= 11 is 1.79. The van der Waals surface area contributed by atoms with Crippen LogP contribution in [0.3, 0.4) is 0 Å². The third-order valence-corrected chi connectivity index (χ3v) is 4.82. The summed E-state index contributed by atoms with van der Waals surface area (Å²) < 4.78 is 0. The van der Waals surface area contributed by atoms with E-state index in [0.29, 0.717) is 5.92 Å². The Balaban J connectivity index is 2.07. The van der Waals surface area contributed by atoms with Gasteiger partial charge in [-0.3, -0.25) is 4.90 Å². The van der Waals surface area contributed by atoms with Crippen molar-refractivity contribution in [2.75, 3.05) is 13.1 Å². The molecule has 1 saturated heterocycles. The first-order chi connectivity index (χ1) is 8.08. The zero-order valence-corrected chi connectivity index (χ0v) is 11.9. The van der Waals surface area contributed by atoms with Gasteiger partial charge >= 0.3 is 0 Å². The Morgan fingerprint density at radius 2 is 2.00 bits per heavy atom. The van der Waals surface area contributed by atoms with Crippen LogP contribution in [0, 0.1) is 12.8 Å². The Hall–Kier alpha value is -0.380. The fraction of sp³-hybridized carbons (Fsp3) is 0.714. The zero-order valence-electron chi connectivity index (χ0n) is 11.1. The molecule has 1 fully saturated rings. The standard InChI is InChI=1S/C14H23NOS/c1-10(2)14(16)12-8-11(3)13(17-12)9-15-6-4-5-7-15/h8,10,14,16H,4-7,9H2,1-3H3. The molecule has 1 unspecified atom stereocenters. The lowest BCUT2D eigenvalue weighted by atomic mass is 10.1. The molecule has 0 aliphatic carbocycles. The Bertz CT molecular complexity index is 366. The molecule has 2 heterocycles. The van der Waals surface area contributed by atoms with E-state index in [1.165, 1.54) is 36.4 Å². The molecule has 1 atom stereocenters. The van der Waals surface area contributed by atoms with Crippen molar-refractivity contribution in [3.05, 3.63) is 21.4 Å². The molecule has 3 heteroatoms. The Morgan fingerprint density at radius 1 is 1.35 bits per heavy atom. The van der Waals surface area contributed by atoms with Crippen LogP contribution in [-0.4, -0.2) is 23.1 Å². The lowest BCUT2D eigenvalue weighted by molar-refractivity contribution is 0.130. The highest BCUT2D eigenvalue weighted by Crippen LogP contribution is 2.32. The first kappa shape index (κ1) is 13.1. The maximum atomic E-state index is 10.1. The van der Waals surface area contributed by atoms with Crippen molar-refractivity contribution >= 4 is 11.3 Å². The van der Waals surface area contributed by atoms with Crippen molar-refractivity contribution < 1.29 is 5.11 Å². The maximum Gasteiger partial charge on any atom is 0.0904 e. The van der Waals surface area contributed by atoms with Gasteiger partial charge in [-0.05, 0) is 50.4 Å². The van der Waals surface area contributed by atoms with E-state index in [4.69, 9.17) is 0 Å². The summed E-state index contributed by atoms with van der Waals surface area (Å²) in [6.07, 6.45) is 2.38. The van der Waals surface area contributed by atoms with Crippen molar-refractivity contribution in [2.45, 2.75) is 46.3 Å². The topological polar surface area (TPSA) is 23.5 Å². The monoisotopic (exact) mass is 253 g/mol. The van der Waals surface area contributed by atoms with Gasteiger partial charge in [0.1, 0.15) is 0 Å². The molecule has 0 aromatic carbocycles. The lowest BCUT2D eigenvalue weighted by Gasteiger charge is -2.14. The fourth-order valence-corrected chi connectivity index (χ4v) is 3.70. The summed E-state index contributed by atoms with van der Waals surface area (Å²) in [4.78, 5) is 5.08. The summed E-state index contributed by atoms with van der Waals surface area (Å²) in [6.45, 7) is 9.85. The number of aryl methyl sites for hydroxylation is 1. The number of aliphatic hydroxyl groups is 1. The average molecular weight is 253 g/mol. The number of aliphatic hydroxyl groups excluding tert-OH is 1. The number of thiophene rings is 1. The first-order valence-corrected chi connectivity index (χ1v) is 7.39. The number of likely N-dealkylation sites (tertiary alicyclic amines) is 1. The van der Waals surface area contributed by atoms with Crippen LogP contribution in [-0.2, 0) is 6.54 Å². The molecule has 1 N–H and O–H groups in total. The van der Waals surface area contributed by atoms with Crippen molar-refractivity contribution in [1.29, 1.82) is 0 Å². The van der Waals surface area contributed by atoms with Gasteiger partial charge in [0.15, 0.2) is 0 Å². The molecule has 0 spiro atoms. The summed E-state index contributed by atoms with van der Waals surface area (Å²) in [6, 6.07) is 2.17. The van der Waals surface area contributed by atoms with E-state index in [1.807, 2.05) is 0 Å². The summed E-state index contributed by atoms with van der Waals surface area (Å²) in [7, 11) is 0. The van der Waals surface area contributed by atoms with Gasteiger partial charge in [0.2, 0.25) is 0 Å². The highest BCUT2D eigenvalue weighted by Gasteiger charge is 2.19. The molecule has 0 saturated carbocycles. The van der Waals surface area contributed by atoms with E-state index in [-0.39, 0.29) is 6.10 Å². The van der Waals surface area contributed by atoms with Gasteiger partial charge in [-0.25, -0.2) is 0 Å². The largest absolute Gasteiger partial charge is 0.387 e. The fourth-order valence-electron chi connectivity index (χ4n) is 2.32. The number of rotatable bonds is 4. The van der Waals surface area contributed by atoms with E-state index in [1.54, 1.807) is 11.3 Å². The predicted octanol–water partition coefficient (Wildman–Crippen LogP) is 3.34. The summed E-state index contributed by atoms with van der Waals surface area (Å²) in [5, 5.41) is 10.1. The molecular formula is C14H23NOS. The Labute approximate surface area is 108 Å². The molecule has 1 aromatic rings. The van der Waals surface area contributed by atoms with Gasteiger partial charge in [0.25, 0.3) is 0 Å². The molecule has 17 heavy (non-hydrogen) atoms. The highest BCUT2D eigenvalue weighted by molar-refractivity contribution is 7.12. The van der Waals surface area contributed by atoms with Crippen LogP contribution in [0.25, 0.3) is 0 Å². The van der Waals surface area contributed by atoms with Gasteiger partial charge in [-0.15, -0.1) is 11.3 Å². The second-order valence-electron chi connectivity index (χ2n) is 5.43. The minimum atomic E-state index is -0.300. The molecule has 1 aromatic heterocycles. The highest BCUT2D eigenvalue weighted by atomic mass is 32.1. The molecule has 2 nitrogen and oxygen atoms in total. The molecule has 1 aliphatic rings. The van der Waals surface area contributed by atoms with Crippen LogP contribution in [0.15, 0.2) is 6.07 Å². The van der Waals surface area contributed by atoms with Gasteiger partial charge in [0, 0.05) is 16.3 Å². The predicted molar refractivity (Wildman–Crippen MR) is 73.4 cm³/mol. The molecule has 0 bridgehead atoms. The normalized spacial score (nSPS) is 19.1. The molecule has 0 radical (unpaired) electrons. The van der Waals surface area contributed by atoms with Gasteiger partial charge in [-0.2, -0.15) is 0 Å². The van der Waals surface area contributed by atoms with Crippen LogP contribution in [0.5, 0.6) is 0 Å². The molecular weight excluding hydrogens is 230 g/mol. The maximum absolute atomic E-state index is 10.1. The van der Waals surface area contributed by atoms with Gasteiger partial charge < -0.3 is 5.11 Å². The van der Waals surface area contributed by atoms with E-state index in [2.05, 4.69) is 31.7 Å². The lowest BCUT2D eigenvalue weighted by Crippen LogP contribution is -2.17. The number of hydrogen-bond donors (Lipinski definition) is 1. The quantitative estimate of drug-likeness (QED) is 0.889. The van der Waals surface area contributed by atoms with Crippen LogP contribution in [0.2, 0.25) is 0 Å². The minimum Gasteiger partial charge on any atom is -0.387 e. The Kier molecular flexibility index (Phi) is 4.23. The van der Waals surface area contributed by atoms with Crippen LogP contribution >= 0.6 is 11.3 Å². The van der Waals surface area contributed by atoms with Crippen LogP contribution in [0.4, 0.5) is 0 Å². The van der Waals surface area contributed by atoms with E-state index < -0.39 is 0 Å². The molecule has 96 valence electrons. The smallest absolute Gasteiger partial charge is 0.0904 e. The second-order valence-corrected chi connectivity index (χ2v) is 6.60. The second kappa shape index (κ2) is 5.51. The van der Waals surface area contributed by atoms with Crippen molar-refractivity contribution in [2.24, 2.45) is 5.92 Å². The van der Waals surface area contributed by atoms with Crippen molar-refractivity contribution in [3.8, 4) is 0 Å². The number of nitrogens with zero attached hydrogens (tertiary/aromatic N) is 1. The molecule has 0 amide bonds. The van der Waals surface area contributed by atoms with E-state index in [0.717, 1.165) is 11.4 Å². The van der Waals surface area contributed by atoms with Gasteiger partial charge in [0.05, 0.1) is 6.10 Å². The third-order valence-electron chi connectivity index (χ3n) is 3.53. The molecule has 2 rings (SSSR count). The first-order valence-electron chi connectivity index (χ1n) is 6.57. The Morgan fingerprint density at radius 3 is 2.59 bits per heavy atom. The van der Waals surface area contributed by atoms with E-state index >= 15 is 0 Å².